The molecule has 2 rings (SSSR count). The quantitative estimate of drug-likeness (QED) is 0.583. The zero-order valence-electron chi connectivity index (χ0n) is 19.3. The normalized spacial score (nSPS) is 10.8. The first-order valence-electron chi connectivity index (χ1n) is 10.4. The lowest BCUT2D eigenvalue weighted by molar-refractivity contribution is -0.116. The molecule has 0 fully saturated rings. The van der Waals surface area contributed by atoms with E-state index >= 15 is 0 Å². The highest BCUT2D eigenvalue weighted by atomic mass is 16.6. The van der Waals surface area contributed by atoms with Crippen LogP contribution in [0.25, 0.3) is 0 Å². The number of hydrogen-bond acceptors (Lipinski definition) is 5. The molecular formula is C24H32N4O4. The number of amides is 3. The van der Waals surface area contributed by atoms with Gasteiger partial charge < -0.3 is 25.6 Å². The van der Waals surface area contributed by atoms with Gasteiger partial charge in [0.15, 0.2) is 0 Å². The van der Waals surface area contributed by atoms with Crippen LogP contribution in [0.3, 0.4) is 0 Å². The SMILES string of the molecule is CN(C)c1ccc(C(=O)NCc2ccc(NC(=O)CCNC(=O)OC(C)(C)C)cc2)cc1. The van der Waals surface area contributed by atoms with Crippen LogP contribution in [-0.4, -0.2) is 44.1 Å². The number of carbonyl (C=O) groups excluding carboxylic acids is 3. The van der Waals surface area contributed by atoms with Crippen LogP contribution in [0.4, 0.5) is 16.2 Å². The molecule has 0 atom stereocenters. The summed E-state index contributed by atoms with van der Waals surface area (Å²) in [5.41, 5.74) is 2.60. The Balaban J connectivity index is 1.75. The van der Waals surface area contributed by atoms with Crippen molar-refractivity contribution in [1.29, 1.82) is 0 Å². The van der Waals surface area contributed by atoms with Crippen molar-refractivity contribution in [2.45, 2.75) is 39.3 Å². The molecule has 0 saturated carbocycles. The minimum atomic E-state index is -0.579. The lowest BCUT2D eigenvalue weighted by atomic mass is 10.1. The average molecular weight is 441 g/mol. The minimum absolute atomic E-state index is 0.129. The van der Waals surface area contributed by atoms with Crippen LogP contribution < -0.4 is 20.9 Å². The van der Waals surface area contributed by atoms with E-state index in [2.05, 4.69) is 16.0 Å². The monoisotopic (exact) mass is 440 g/mol. The second-order valence-electron chi connectivity index (χ2n) is 8.55. The number of nitrogens with zero attached hydrogens (tertiary/aromatic N) is 1. The summed E-state index contributed by atoms with van der Waals surface area (Å²) < 4.78 is 5.12. The average Bonchev–Trinajstić information content (AvgIpc) is 2.71. The molecule has 8 nitrogen and oxygen atoms in total. The first-order valence-corrected chi connectivity index (χ1v) is 10.4. The van der Waals surface area contributed by atoms with Crippen molar-refractivity contribution in [3.8, 4) is 0 Å². The van der Waals surface area contributed by atoms with E-state index in [1.165, 1.54) is 0 Å². The molecule has 3 N–H and O–H groups in total. The highest BCUT2D eigenvalue weighted by Gasteiger charge is 2.16. The van der Waals surface area contributed by atoms with Crippen molar-refractivity contribution in [2.75, 3.05) is 30.9 Å². The first kappa shape index (κ1) is 24.7. The molecule has 8 heteroatoms. The number of anilines is 2. The van der Waals surface area contributed by atoms with E-state index in [1.807, 2.05) is 43.3 Å². The topological polar surface area (TPSA) is 99.8 Å². The standard InChI is InChI=1S/C24H32N4O4/c1-24(2,3)32-23(31)25-15-14-21(29)27-19-10-6-17(7-11-19)16-26-22(30)18-8-12-20(13-9-18)28(4)5/h6-13H,14-16H2,1-5H3,(H,25,31)(H,26,30)(H,27,29). The summed E-state index contributed by atoms with van der Waals surface area (Å²) in [5.74, 6) is -0.367. The molecule has 0 saturated heterocycles. The van der Waals surface area contributed by atoms with Gasteiger partial charge in [0.05, 0.1) is 0 Å². The molecule has 0 unspecified atom stereocenters. The number of rotatable bonds is 8. The number of benzene rings is 2. The van der Waals surface area contributed by atoms with Crippen molar-refractivity contribution in [1.82, 2.24) is 10.6 Å². The summed E-state index contributed by atoms with van der Waals surface area (Å²) in [6, 6.07) is 14.6. The Morgan fingerprint density at radius 2 is 1.53 bits per heavy atom. The summed E-state index contributed by atoms with van der Waals surface area (Å²) in [7, 11) is 3.89. The van der Waals surface area contributed by atoms with Crippen LogP contribution in [0.15, 0.2) is 48.5 Å². The Hall–Kier alpha value is -3.55. The van der Waals surface area contributed by atoms with Crippen LogP contribution in [0.2, 0.25) is 0 Å². The fraction of sp³-hybridized carbons (Fsp3) is 0.375. The van der Waals surface area contributed by atoms with Crippen LogP contribution in [-0.2, 0) is 16.1 Å². The summed E-state index contributed by atoms with van der Waals surface area (Å²) in [6.07, 6.45) is -0.422. The molecule has 0 bridgehead atoms. The molecule has 2 aromatic carbocycles. The molecule has 172 valence electrons. The van der Waals surface area contributed by atoms with Crippen molar-refractivity contribution in [2.24, 2.45) is 0 Å². The van der Waals surface area contributed by atoms with Gasteiger partial charge in [-0.15, -0.1) is 0 Å². The third kappa shape index (κ3) is 8.67. The second kappa shape index (κ2) is 11.2. The maximum absolute atomic E-state index is 12.3. The zero-order chi connectivity index (χ0) is 23.7. The van der Waals surface area contributed by atoms with Crippen molar-refractivity contribution in [3.63, 3.8) is 0 Å². The maximum Gasteiger partial charge on any atom is 0.407 e. The molecular weight excluding hydrogens is 408 g/mol. The Bertz CT molecular complexity index is 917. The molecule has 0 aliphatic rings. The predicted octanol–water partition coefficient (Wildman–Crippen LogP) is 3.54. The van der Waals surface area contributed by atoms with Gasteiger partial charge in [0, 0.05) is 50.5 Å². The number of nitrogens with one attached hydrogen (secondary N) is 3. The van der Waals surface area contributed by atoms with E-state index in [1.54, 1.807) is 45.0 Å². The molecule has 2 aromatic rings. The zero-order valence-corrected chi connectivity index (χ0v) is 19.3. The fourth-order valence-electron chi connectivity index (χ4n) is 2.72. The van der Waals surface area contributed by atoms with E-state index in [0.29, 0.717) is 17.8 Å². The van der Waals surface area contributed by atoms with E-state index in [4.69, 9.17) is 4.74 Å². The summed E-state index contributed by atoms with van der Waals surface area (Å²) in [5, 5.41) is 8.21. The van der Waals surface area contributed by atoms with Crippen LogP contribution in [0, 0.1) is 0 Å². The van der Waals surface area contributed by atoms with Crippen LogP contribution in [0.1, 0.15) is 43.1 Å². The molecule has 0 aliphatic carbocycles. The number of ether oxygens (including phenoxy) is 1. The van der Waals surface area contributed by atoms with Gasteiger partial charge >= 0.3 is 6.09 Å². The molecule has 0 spiro atoms. The van der Waals surface area contributed by atoms with E-state index < -0.39 is 11.7 Å². The van der Waals surface area contributed by atoms with E-state index in [9.17, 15) is 14.4 Å². The summed E-state index contributed by atoms with van der Waals surface area (Å²) in [4.78, 5) is 37.9. The minimum Gasteiger partial charge on any atom is -0.444 e. The van der Waals surface area contributed by atoms with E-state index in [-0.39, 0.29) is 24.8 Å². The highest BCUT2D eigenvalue weighted by Crippen LogP contribution is 2.13. The summed E-state index contributed by atoms with van der Waals surface area (Å²) >= 11 is 0. The third-order valence-corrected chi connectivity index (χ3v) is 4.36. The van der Waals surface area contributed by atoms with Crippen molar-refractivity contribution in [3.05, 3.63) is 59.7 Å². The molecule has 3 amide bonds. The highest BCUT2D eigenvalue weighted by molar-refractivity contribution is 5.94. The van der Waals surface area contributed by atoms with Gasteiger partial charge in [-0.05, 0) is 62.7 Å². The number of carbonyl (C=O) groups is 3. The van der Waals surface area contributed by atoms with Crippen LogP contribution in [0.5, 0.6) is 0 Å². The Labute approximate surface area is 189 Å². The van der Waals surface area contributed by atoms with Gasteiger partial charge in [-0.3, -0.25) is 9.59 Å². The van der Waals surface area contributed by atoms with Gasteiger partial charge in [0.2, 0.25) is 5.91 Å². The first-order chi connectivity index (χ1) is 15.0. The molecule has 32 heavy (non-hydrogen) atoms. The largest absolute Gasteiger partial charge is 0.444 e. The van der Waals surface area contributed by atoms with Gasteiger partial charge in [-0.1, -0.05) is 12.1 Å². The predicted molar refractivity (Wildman–Crippen MR) is 126 cm³/mol. The lowest BCUT2D eigenvalue weighted by Crippen LogP contribution is -2.34. The number of alkyl carbamates (subject to hydrolysis) is 1. The van der Waals surface area contributed by atoms with Gasteiger partial charge in [0.25, 0.3) is 5.91 Å². The van der Waals surface area contributed by atoms with Gasteiger partial charge in [-0.2, -0.15) is 0 Å². The van der Waals surface area contributed by atoms with Gasteiger partial charge in [-0.25, -0.2) is 4.79 Å². The van der Waals surface area contributed by atoms with Crippen molar-refractivity contribution < 1.29 is 19.1 Å². The maximum atomic E-state index is 12.3. The second-order valence-corrected chi connectivity index (χ2v) is 8.55. The smallest absolute Gasteiger partial charge is 0.407 e. The fourth-order valence-corrected chi connectivity index (χ4v) is 2.72. The van der Waals surface area contributed by atoms with E-state index in [0.717, 1.165) is 11.3 Å². The molecule has 0 heterocycles. The molecule has 0 aliphatic heterocycles. The Kier molecular flexibility index (Phi) is 8.63. The molecule has 0 aromatic heterocycles. The van der Waals surface area contributed by atoms with Gasteiger partial charge in [0.1, 0.15) is 5.60 Å². The summed E-state index contributed by atoms with van der Waals surface area (Å²) in [6.45, 7) is 5.88. The Morgan fingerprint density at radius 1 is 0.906 bits per heavy atom. The number of hydrogen-bond donors (Lipinski definition) is 3. The third-order valence-electron chi connectivity index (χ3n) is 4.36. The van der Waals surface area contributed by atoms with Crippen molar-refractivity contribution >= 4 is 29.3 Å². The lowest BCUT2D eigenvalue weighted by Gasteiger charge is -2.19. The van der Waals surface area contributed by atoms with Crippen LogP contribution >= 0.6 is 0 Å². The Morgan fingerprint density at radius 3 is 2.09 bits per heavy atom. The molecule has 0 radical (unpaired) electrons.